The summed E-state index contributed by atoms with van der Waals surface area (Å²) in [5.41, 5.74) is 0.921. The van der Waals surface area contributed by atoms with E-state index in [2.05, 4.69) is 4.98 Å². The van der Waals surface area contributed by atoms with Crippen LogP contribution in [0.15, 0.2) is 30.7 Å². The quantitative estimate of drug-likeness (QED) is 0.772. The standard InChI is InChI=1S/C12H14N2O2/c1-5-14-6-4-13-12(14)9-11(1)16-10-2-7-15-8-3-10/h1,4-6,9-10H,2-3,7-8H2. The maximum Gasteiger partial charge on any atom is 0.140 e. The van der Waals surface area contributed by atoms with Crippen LogP contribution in [0, 0.1) is 0 Å². The molecule has 1 saturated heterocycles. The van der Waals surface area contributed by atoms with Crippen LogP contribution in [-0.4, -0.2) is 28.7 Å². The minimum Gasteiger partial charge on any atom is -0.490 e. The fourth-order valence-electron chi connectivity index (χ4n) is 1.95. The SMILES string of the molecule is c1cn2ccc(OC3CCOCC3)cc2n1. The summed E-state index contributed by atoms with van der Waals surface area (Å²) in [4.78, 5) is 4.23. The highest BCUT2D eigenvalue weighted by atomic mass is 16.5. The Kier molecular flexibility index (Phi) is 2.50. The van der Waals surface area contributed by atoms with Gasteiger partial charge in [-0.2, -0.15) is 0 Å². The van der Waals surface area contributed by atoms with Crippen LogP contribution >= 0.6 is 0 Å². The van der Waals surface area contributed by atoms with Crippen LogP contribution in [0.3, 0.4) is 0 Å². The molecular formula is C12H14N2O2. The van der Waals surface area contributed by atoms with Gasteiger partial charge in [0.15, 0.2) is 0 Å². The van der Waals surface area contributed by atoms with Gasteiger partial charge in [-0.15, -0.1) is 0 Å². The summed E-state index contributed by atoms with van der Waals surface area (Å²) < 4.78 is 13.2. The molecule has 0 N–H and O–H groups in total. The van der Waals surface area contributed by atoms with Crippen LogP contribution < -0.4 is 4.74 Å². The Morgan fingerprint density at radius 3 is 3.06 bits per heavy atom. The summed E-state index contributed by atoms with van der Waals surface area (Å²) in [7, 11) is 0. The lowest BCUT2D eigenvalue weighted by Gasteiger charge is -2.23. The Bertz CT molecular complexity index is 475. The first-order valence-corrected chi connectivity index (χ1v) is 5.59. The molecule has 0 amide bonds. The minimum absolute atomic E-state index is 0.283. The van der Waals surface area contributed by atoms with Gasteiger partial charge in [0.1, 0.15) is 17.5 Å². The monoisotopic (exact) mass is 218 g/mol. The van der Waals surface area contributed by atoms with Crippen molar-refractivity contribution < 1.29 is 9.47 Å². The first-order chi connectivity index (χ1) is 7.92. The van der Waals surface area contributed by atoms with Gasteiger partial charge in [-0.3, -0.25) is 0 Å². The first-order valence-electron chi connectivity index (χ1n) is 5.59. The van der Waals surface area contributed by atoms with Crippen LogP contribution in [0.1, 0.15) is 12.8 Å². The highest BCUT2D eigenvalue weighted by Gasteiger charge is 2.15. The smallest absolute Gasteiger partial charge is 0.140 e. The Morgan fingerprint density at radius 2 is 2.19 bits per heavy atom. The van der Waals surface area contributed by atoms with Gasteiger partial charge in [-0.05, 0) is 6.07 Å². The van der Waals surface area contributed by atoms with Gasteiger partial charge in [0.05, 0.1) is 13.2 Å². The average Bonchev–Trinajstić information content (AvgIpc) is 2.77. The predicted octanol–water partition coefficient (Wildman–Crippen LogP) is 1.89. The van der Waals surface area contributed by atoms with Gasteiger partial charge in [-0.25, -0.2) is 4.98 Å². The largest absolute Gasteiger partial charge is 0.490 e. The van der Waals surface area contributed by atoms with Crippen molar-refractivity contribution >= 4 is 5.65 Å². The van der Waals surface area contributed by atoms with E-state index in [0.29, 0.717) is 0 Å². The zero-order chi connectivity index (χ0) is 10.8. The van der Waals surface area contributed by atoms with Crippen molar-refractivity contribution in [3.8, 4) is 5.75 Å². The lowest BCUT2D eigenvalue weighted by atomic mass is 10.1. The Morgan fingerprint density at radius 1 is 1.31 bits per heavy atom. The van der Waals surface area contributed by atoms with E-state index in [4.69, 9.17) is 9.47 Å². The summed E-state index contributed by atoms with van der Waals surface area (Å²) in [6.45, 7) is 1.60. The van der Waals surface area contributed by atoms with E-state index in [0.717, 1.165) is 37.5 Å². The zero-order valence-electron chi connectivity index (χ0n) is 9.00. The fraction of sp³-hybridized carbons (Fsp3) is 0.417. The van der Waals surface area contributed by atoms with Gasteiger partial charge in [-0.1, -0.05) is 0 Å². The predicted molar refractivity (Wildman–Crippen MR) is 59.7 cm³/mol. The van der Waals surface area contributed by atoms with Gasteiger partial charge in [0.2, 0.25) is 0 Å². The van der Waals surface area contributed by atoms with Crippen LogP contribution in [-0.2, 0) is 4.74 Å². The number of rotatable bonds is 2. The number of hydrogen-bond donors (Lipinski definition) is 0. The topological polar surface area (TPSA) is 35.8 Å². The maximum atomic E-state index is 5.90. The van der Waals surface area contributed by atoms with Crippen LogP contribution in [0.25, 0.3) is 5.65 Å². The number of ether oxygens (including phenoxy) is 2. The van der Waals surface area contributed by atoms with Crippen molar-refractivity contribution in [3.05, 3.63) is 30.7 Å². The van der Waals surface area contributed by atoms with E-state index in [1.807, 2.05) is 28.9 Å². The summed E-state index contributed by atoms with van der Waals surface area (Å²) in [5.74, 6) is 0.894. The number of nitrogens with zero attached hydrogens (tertiary/aromatic N) is 2. The minimum atomic E-state index is 0.283. The summed E-state index contributed by atoms with van der Waals surface area (Å²) in [6, 6.07) is 3.94. The summed E-state index contributed by atoms with van der Waals surface area (Å²) >= 11 is 0. The molecule has 0 aromatic carbocycles. The second-order valence-electron chi connectivity index (χ2n) is 3.98. The summed E-state index contributed by atoms with van der Waals surface area (Å²) in [6.07, 6.45) is 7.91. The van der Waals surface area contributed by atoms with E-state index < -0.39 is 0 Å². The molecule has 0 radical (unpaired) electrons. The van der Waals surface area contributed by atoms with Gasteiger partial charge >= 0.3 is 0 Å². The number of pyridine rings is 1. The number of fused-ring (bicyclic) bond motifs is 1. The molecule has 3 rings (SSSR count). The molecule has 2 aromatic heterocycles. The molecular weight excluding hydrogens is 204 g/mol. The van der Waals surface area contributed by atoms with Crippen LogP contribution in [0.5, 0.6) is 5.75 Å². The molecule has 0 unspecified atom stereocenters. The average molecular weight is 218 g/mol. The van der Waals surface area contributed by atoms with Crippen molar-refractivity contribution in [2.45, 2.75) is 18.9 Å². The van der Waals surface area contributed by atoms with E-state index in [9.17, 15) is 0 Å². The van der Waals surface area contributed by atoms with Crippen molar-refractivity contribution in [2.24, 2.45) is 0 Å². The third-order valence-corrected chi connectivity index (χ3v) is 2.84. The Labute approximate surface area is 93.8 Å². The van der Waals surface area contributed by atoms with E-state index in [1.54, 1.807) is 6.20 Å². The lowest BCUT2D eigenvalue weighted by molar-refractivity contribution is 0.0256. The third-order valence-electron chi connectivity index (χ3n) is 2.84. The van der Waals surface area contributed by atoms with Crippen molar-refractivity contribution in [1.82, 2.24) is 9.38 Å². The highest BCUT2D eigenvalue weighted by molar-refractivity contribution is 5.44. The summed E-state index contributed by atoms with van der Waals surface area (Å²) in [5, 5.41) is 0. The van der Waals surface area contributed by atoms with Crippen LogP contribution in [0.2, 0.25) is 0 Å². The Balaban J connectivity index is 1.77. The Hall–Kier alpha value is -1.55. The molecule has 2 aromatic rings. The molecule has 16 heavy (non-hydrogen) atoms. The molecule has 0 spiro atoms. The van der Waals surface area contributed by atoms with E-state index >= 15 is 0 Å². The van der Waals surface area contributed by atoms with Crippen LogP contribution in [0.4, 0.5) is 0 Å². The third kappa shape index (κ3) is 1.88. The maximum absolute atomic E-state index is 5.90. The van der Waals surface area contributed by atoms with Gasteiger partial charge in [0.25, 0.3) is 0 Å². The fourth-order valence-corrected chi connectivity index (χ4v) is 1.95. The zero-order valence-corrected chi connectivity index (χ0v) is 9.00. The number of imidazole rings is 1. The van der Waals surface area contributed by atoms with Crippen molar-refractivity contribution in [1.29, 1.82) is 0 Å². The molecule has 3 heterocycles. The van der Waals surface area contributed by atoms with Crippen molar-refractivity contribution in [3.63, 3.8) is 0 Å². The van der Waals surface area contributed by atoms with E-state index in [1.165, 1.54) is 0 Å². The first kappa shape index (κ1) is 9.66. The molecule has 0 bridgehead atoms. The van der Waals surface area contributed by atoms with Crippen molar-refractivity contribution in [2.75, 3.05) is 13.2 Å². The normalized spacial score (nSPS) is 17.8. The molecule has 4 nitrogen and oxygen atoms in total. The van der Waals surface area contributed by atoms with E-state index in [-0.39, 0.29) is 6.10 Å². The second-order valence-corrected chi connectivity index (χ2v) is 3.98. The molecule has 1 aliphatic rings. The highest BCUT2D eigenvalue weighted by Crippen LogP contribution is 2.19. The van der Waals surface area contributed by atoms with Gasteiger partial charge < -0.3 is 13.9 Å². The molecule has 1 aliphatic heterocycles. The molecule has 4 heteroatoms. The lowest BCUT2D eigenvalue weighted by Crippen LogP contribution is -2.25. The second kappa shape index (κ2) is 4.14. The molecule has 0 aliphatic carbocycles. The number of aromatic nitrogens is 2. The molecule has 84 valence electrons. The molecule has 0 saturated carbocycles. The molecule has 0 atom stereocenters. The van der Waals surface area contributed by atoms with Gasteiger partial charge in [0, 0.05) is 37.5 Å². The molecule has 1 fully saturated rings. The number of hydrogen-bond acceptors (Lipinski definition) is 3.